The van der Waals surface area contributed by atoms with Gasteiger partial charge in [0, 0.05) is 95.7 Å². The van der Waals surface area contributed by atoms with Gasteiger partial charge in [-0.25, -0.2) is 44.6 Å². The number of ether oxygens (including phenoxy) is 6. The molecule has 0 bridgehead atoms. The van der Waals surface area contributed by atoms with Crippen LogP contribution in [-0.2, 0) is 51.8 Å². The maximum atomic E-state index is 15.7. The van der Waals surface area contributed by atoms with Crippen molar-refractivity contribution in [3.8, 4) is 11.5 Å². The van der Waals surface area contributed by atoms with Gasteiger partial charge in [0.25, 0.3) is 0 Å². The topological polar surface area (TPSA) is 288 Å². The first-order valence-corrected chi connectivity index (χ1v) is 34.8. The van der Waals surface area contributed by atoms with Gasteiger partial charge >= 0.3 is 12.1 Å². The molecule has 0 unspecified atom stereocenters. The van der Waals surface area contributed by atoms with Gasteiger partial charge in [0.1, 0.15) is 12.2 Å². The first kappa shape index (κ1) is 71.4. The number of piperidine rings is 2. The van der Waals surface area contributed by atoms with Crippen molar-refractivity contribution in [1.29, 1.82) is 0 Å². The van der Waals surface area contributed by atoms with E-state index in [9.17, 15) is 26.4 Å². The van der Waals surface area contributed by atoms with E-state index < -0.39 is 43.9 Å². The number of nitrogens with one attached hydrogen (secondary N) is 6. The molecule has 8 rings (SSSR count). The lowest BCUT2D eigenvalue weighted by atomic mass is 10.0. The third-order valence-corrected chi connectivity index (χ3v) is 20.4. The number of nitrogens with two attached hydrogens (primary N) is 2. The molecule has 22 nitrogen and oxygen atoms in total. The number of rotatable bonds is 33. The van der Waals surface area contributed by atoms with Crippen LogP contribution in [0.25, 0.3) is 0 Å². The molecule has 10 N–H and O–H groups in total. The summed E-state index contributed by atoms with van der Waals surface area (Å²) in [4.78, 5) is 28.4. The van der Waals surface area contributed by atoms with Crippen LogP contribution in [0, 0.1) is 25.5 Å². The third-order valence-electron chi connectivity index (χ3n) is 16.0. The van der Waals surface area contributed by atoms with Gasteiger partial charge in [-0.15, -0.1) is 0 Å². The molecule has 2 aliphatic carbocycles. The van der Waals surface area contributed by atoms with E-state index in [1.807, 2.05) is 0 Å². The second-order valence-corrected chi connectivity index (χ2v) is 27.9. The zero-order valence-corrected chi connectivity index (χ0v) is 55.2. The molecule has 498 valence electrons. The molecule has 4 aromatic rings. The average molecular weight is 1380 g/mol. The molecule has 2 fully saturated rings. The van der Waals surface area contributed by atoms with E-state index in [-0.39, 0.29) is 137 Å². The molecule has 2 heterocycles. The number of likely N-dealkylation sites (tertiary alicyclic amines) is 2. The van der Waals surface area contributed by atoms with Crippen LogP contribution in [-0.4, -0.2) is 181 Å². The normalized spacial score (nSPS) is 20.4. The standard InChI is InChI=1S/C60H82Cl4F2N10O12S2/c1-37-25-53(87-57-45-27-39(61)29-47(63)43(45)31-51(57)75-15-5-7-41(67)35-75)49(65)33-55(37)89(79,80)73-13-19-85-23-21-83-17-11-71-59(77)69-9-3-4-10-70-60(78)72-12-18-84-22-24-86-20-14-74-90(81,82)56-34-50(66)54(26-38(56)2)88-58-46-28-40(62)30-48(64)44(46)32-52(58)76-16-6-8-42(68)36-76/h25-30,33-34,41-42,51-52,57-58,73-74H,3-24,31-32,35-36,67-68H2,1-2H3,(H2,69,71,77)(H2,70,72,78)/t41-,42-,51+,52+,57+,58+/m1/s1. The number of sulfonamides is 2. The average Bonchev–Trinajstić information content (AvgIpc) is 1.66. The largest absolute Gasteiger partial charge is 0.481 e. The Morgan fingerprint density at radius 1 is 0.533 bits per heavy atom. The van der Waals surface area contributed by atoms with Crippen molar-refractivity contribution in [2.75, 3.05) is 118 Å². The first-order chi connectivity index (χ1) is 43.1. The molecule has 2 saturated heterocycles. The fraction of sp³-hybridized carbons (Fsp3) is 0.567. The third kappa shape index (κ3) is 20.0. The van der Waals surface area contributed by atoms with E-state index in [4.69, 9.17) is 86.3 Å². The summed E-state index contributed by atoms with van der Waals surface area (Å²) in [7, 11) is -8.23. The zero-order chi connectivity index (χ0) is 64.5. The van der Waals surface area contributed by atoms with E-state index in [1.165, 1.54) is 12.1 Å². The van der Waals surface area contributed by atoms with Crippen molar-refractivity contribution in [2.45, 2.75) is 111 Å². The van der Waals surface area contributed by atoms with Crippen LogP contribution in [0.3, 0.4) is 0 Å². The van der Waals surface area contributed by atoms with Crippen LogP contribution in [0.5, 0.6) is 11.5 Å². The van der Waals surface area contributed by atoms with Gasteiger partial charge in [0.15, 0.2) is 23.1 Å². The second-order valence-electron chi connectivity index (χ2n) is 22.7. The quantitative estimate of drug-likeness (QED) is 0.0227. The number of hydrogen-bond donors (Lipinski definition) is 8. The van der Waals surface area contributed by atoms with E-state index >= 15 is 8.78 Å². The van der Waals surface area contributed by atoms with Crippen LogP contribution in [0.1, 0.15) is 84.1 Å². The molecule has 4 aliphatic rings. The predicted molar refractivity (Wildman–Crippen MR) is 340 cm³/mol. The van der Waals surface area contributed by atoms with Gasteiger partial charge in [-0.1, -0.05) is 46.4 Å². The number of unbranched alkanes of at least 4 members (excludes halogenated alkanes) is 1. The van der Waals surface area contributed by atoms with Crippen LogP contribution < -0.4 is 51.7 Å². The van der Waals surface area contributed by atoms with Crippen molar-refractivity contribution >= 4 is 78.5 Å². The number of carbonyl (C=O) groups is 2. The highest BCUT2D eigenvalue weighted by Crippen LogP contribution is 2.46. The summed E-state index contributed by atoms with van der Waals surface area (Å²) in [6.07, 6.45) is 4.78. The summed E-state index contributed by atoms with van der Waals surface area (Å²) in [5.74, 6) is -1.85. The molecule has 0 spiro atoms. The number of urea groups is 2. The van der Waals surface area contributed by atoms with E-state index in [0.29, 0.717) is 83.1 Å². The van der Waals surface area contributed by atoms with Gasteiger partial charge in [0.2, 0.25) is 20.0 Å². The van der Waals surface area contributed by atoms with Crippen LogP contribution >= 0.6 is 46.4 Å². The highest BCUT2D eigenvalue weighted by atomic mass is 35.5. The van der Waals surface area contributed by atoms with Crippen molar-refractivity contribution in [1.82, 2.24) is 40.5 Å². The van der Waals surface area contributed by atoms with Crippen LogP contribution in [0.4, 0.5) is 18.4 Å². The molecular weight excluding hydrogens is 1300 g/mol. The number of fused-ring (bicyclic) bond motifs is 2. The second kappa shape index (κ2) is 34.1. The molecule has 0 radical (unpaired) electrons. The van der Waals surface area contributed by atoms with Crippen LogP contribution in [0.2, 0.25) is 20.1 Å². The fourth-order valence-electron chi connectivity index (χ4n) is 11.7. The number of halogens is 6. The number of hydrogen-bond acceptors (Lipinski definition) is 16. The molecule has 0 saturated carbocycles. The Hall–Kier alpha value is -4.46. The van der Waals surface area contributed by atoms with Gasteiger partial charge < -0.3 is 61.2 Å². The highest BCUT2D eigenvalue weighted by molar-refractivity contribution is 7.89. The Morgan fingerprint density at radius 2 is 0.900 bits per heavy atom. The number of nitrogens with zero attached hydrogens (tertiary/aromatic N) is 2. The van der Waals surface area contributed by atoms with Gasteiger partial charge in [0.05, 0.1) is 74.7 Å². The van der Waals surface area contributed by atoms with Crippen molar-refractivity contribution < 1.29 is 63.6 Å². The summed E-state index contributed by atoms with van der Waals surface area (Å²) in [5.41, 5.74) is 16.5. The Labute approximate surface area is 545 Å². The van der Waals surface area contributed by atoms with E-state index in [1.54, 1.807) is 38.1 Å². The van der Waals surface area contributed by atoms with E-state index in [0.717, 1.165) is 73.2 Å². The van der Waals surface area contributed by atoms with Crippen molar-refractivity contribution in [3.63, 3.8) is 0 Å². The molecule has 30 heteroatoms. The molecule has 4 amide bonds. The van der Waals surface area contributed by atoms with Gasteiger partial charge in [-0.3, -0.25) is 9.80 Å². The number of carbonyl (C=O) groups excluding carboxylic acids is 2. The summed E-state index contributed by atoms with van der Waals surface area (Å²) in [6.45, 7) is 8.33. The maximum Gasteiger partial charge on any atom is 0.314 e. The van der Waals surface area contributed by atoms with E-state index in [2.05, 4.69) is 40.5 Å². The van der Waals surface area contributed by atoms with Crippen molar-refractivity contribution in [2.24, 2.45) is 11.5 Å². The Bertz CT molecular complexity index is 3120. The summed E-state index contributed by atoms with van der Waals surface area (Å²) < 4.78 is 124. The van der Waals surface area contributed by atoms with Crippen molar-refractivity contribution in [3.05, 3.63) is 114 Å². The molecular formula is C60H82Cl4F2N10O12S2. The smallest absolute Gasteiger partial charge is 0.314 e. The number of aryl methyl sites for hydroxylation is 2. The summed E-state index contributed by atoms with van der Waals surface area (Å²) in [5, 5.41) is 12.7. The number of benzene rings is 4. The lowest BCUT2D eigenvalue weighted by molar-refractivity contribution is 0.0516. The molecule has 2 aliphatic heterocycles. The molecule has 6 atom stereocenters. The monoisotopic (exact) mass is 1380 g/mol. The zero-order valence-electron chi connectivity index (χ0n) is 50.5. The minimum atomic E-state index is -4.11. The Morgan fingerprint density at radius 3 is 1.28 bits per heavy atom. The maximum absolute atomic E-state index is 15.7. The van der Waals surface area contributed by atoms with Gasteiger partial charge in [-0.2, -0.15) is 0 Å². The molecule has 90 heavy (non-hydrogen) atoms. The summed E-state index contributed by atoms with van der Waals surface area (Å²) >= 11 is 26.0. The Kier molecular flexibility index (Phi) is 27.0. The molecule has 4 aromatic carbocycles. The summed E-state index contributed by atoms with van der Waals surface area (Å²) in [6, 6.07) is 10.5. The molecule has 0 aromatic heterocycles. The highest BCUT2D eigenvalue weighted by Gasteiger charge is 2.43. The minimum absolute atomic E-state index is 0.000641. The first-order valence-electron chi connectivity index (χ1n) is 30.3. The fourth-order valence-corrected chi connectivity index (χ4v) is 15.4. The Balaban J connectivity index is 0.603. The SMILES string of the molecule is Cc1cc(O[C@H]2c3cc(Cl)cc(Cl)c3C[C@@H]2N2CCC[C@@H](N)C2)c(F)cc1S(=O)(=O)NCCOCCOCCNC(=O)NCCCCNC(=O)NCCOCCOCCNS(=O)(=O)c1cc(F)c(O[C@H]2c3cc(Cl)cc(Cl)c3C[C@@H]2N2CCC[C@@H](N)C2)cc1C. The lowest BCUT2D eigenvalue weighted by Gasteiger charge is -2.38. The van der Waals surface area contributed by atoms with Gasteiger partial charge in [-0.05, 0) is 149 Å². The van der Waals surface area contributed by atoms with Crippen LogP contribution in [0.15, 0.2) is 58.3 Å². The minimum Gasteiger partial charge on any atom is -0.481 e. The number of amides is 4. The lowest BCUT2D eigenvalue weighted by Crippen LogP contribution is -2.49. The predicted octanol–water partition coefficient (Wildman–Crippen LogP) is 6.83.